The lowest BCUT2D eigenvalue weighted by Crippen LogP contribution is -2.38. The van der Waals surface area contributed by atoms with Crippen molar-refractivity contribution in [2.45, 2.75) is 25.2 Å². The Bertz CT molecular complexity index is 159. The van der Waals surface area contributed by atoms with Gasteiger partial charge in [-0.1, -0.05) is 0 Å². The van der Waals surface area contributed by atoms with Crippen molar-refractivity contribution in [3.63, 3.8) is 0 Å². The van der Waals surface area contributed by atoms with E-state index in [9.17, 15) is 0 Å². The molecule has 4 heteroatoms. The van der Waals surface area contributed by atoms with Gasteiger partial charge in [0, 0.05) is 12.6 Å². The van der Waals surface area contributed by atoms with Crippen LogP contribution in [-0.4, -0.2) is 55.2 Å². The second-order valence-electron chi connectivity index (χ2n) is 3.64. The number of ether oxygens (including phenoxy) is 2. The molecule has 0 aromatic carbocycles. The Morgan fingerprint density at radius 3 is 2.77 bits per heavy atom. The van der Waals surface area contributed by atoms with Gasteiger partial charge in [0.15, 0.2) is 6.29 Å². The molecule has 2 aliphatic rings. The number of aliphatic hydroxyl groups excluding tert-OH is 1. The van der Waals surface area contributed by atoms with E-state index in [4.69, 9.17) is 14.6 Å². The third-order valence-electron chi connectivity index (χ3n) is 2.78. The minimum absolute atomic E-state index is 0.0628. The van der Waals surface area contributed by atoms with Crippen LogP contribution in [-0.2, 0) is 9.47 Å². The fraction of sp³-hybridized carbons (Fsp3) is 1.00. The molecule has 76 valence electrons. The van der Waals surface area contributed by atoms with Crippen LogP contribution >= 0.6 is 0 Å². The van der Waals surface area contributed by atoms with Crippen LogP contribution in [0.15, 0.2) is 0 Å². The maximum Gasteiger partial charge on any atom is 0.170 e. The van der Waals surface area contributed by atoms with Gasteiger partial charge in [0.25, 0.3) is 0 Å². The highest BCUT2D eigenvalue weighted by Crippen LogP contribution is 2.18. The zero-order valence-electron chi connectivity index (χ0n) is 7.82. The largest absolute Gasteiger partial charge is 0.395 e. The van der Waals surface area contributed by atoms with E-state index in [0.717, 1.165) is 19.5 Å². The molecule has 0 saturated carbocycles. The van der Waals surface area contributed by atoms with Crippen LogP contribution in [0.5, 0.6) is 0 Å². The lowest BCUT2D eigenvalue weighted by Gasteiger charge is -2.24. The summed E-state index contributed by atoms with van der Waals surface area (Å²) in [5, 5.41) is 9.09. The summed E-state index contributed by atoms with van der Waals surface area (Å²) in [5.41, 5.74) is 0. The van der Waals surface area contributed by atoms with E-state index >= 15 is 0 Å². The molecule has 0 aromatic rings. The first-order valence-electron chi connectivity index (χ1n) is 4.98. The Morgan fingerprint density at radius 1 is 1.31 bits per heavy atom. The monoisotopic (exact) mass is 187 g/mol. The van der Waals surface area contributed by atoms with Gasteiger partial charge in [-0.2, -0.15) is 0 Å². The first-order valence-corrected chi connectivity index (χ1v) is 4.98. The molecule has 0 spiro atoms. The summed E-state index contributed by atoms with van der Waals surface area (Å²) in [7, 11) is 0. The van der Waals surface area contributed by atoms with E-state index in [1.54, 1.807) is 0 Å². The van der Waals surface area contributed by atoms with Crippen molar-refractivity contribution in [1.29, 1.82) is 0 Å². The Morgan fingerprint density at radius 2 is 2.08 bits per heavy atom. The third kappa shape index (κ3) is 2.20. The molecule has 13 heavy (non-hydrogen) atoms. The molecule has 0 aliphatic carbocycles. The fourth-order valence-electron chi connectivity index (χ4n) is 2.05. The minimum atomic E-state index is -0.0628. The van der Waals surface area contributed by atoms with Crippen LogP contribution in [0.3, 0.4) is 0 Å². The summed E-state index contributed by atoms with van der Waals surface area (Å²) in [6.45, 7) is 3.55. The smallest absolute Gasteiger partial charge is 0.170 e. The highest BCUT2D eigenvalue weighted by molar-refractivity contribution is 4.79. The van der Waals surface area contributed by atoms with Crippen LogP contribution < -0.4 is 0 Å². The summed E-state index contributed by atoms with van der Waals surface area (Å²) < 4.78 is 10.7. The average molecular weight is 187 g/mol. The van der Waals surface area contributed by atoms with E-state index in [1.165, 1.54) is 6.42 Å². The van der Waals surface area contributed by atoms with E-state index in [1.807, 2.05) is 0 Å². The predicted molar refractivity (Wildman–Crippen MR) is 47.4 cm³/mol. The van der Waals surface area contributed by atoms with Gasteiger partial charge in [0.05, 0.1) is 19.8 Å². The van der Waals surface area contributed by atoms with Gasteiger partial charge in [0.1, 0.15) is 0 Å². The Balaban J connectivity index is 1.79. The minimum Gasteiger partial charge on any atom is -0.395 e. The molecular weight excluding hydrogens is 170 g/mol. The highest BCUT2D eigenvalue weighted by Gasteiger charge is 2.28. The summed E-state index contributed by atoms with van der Waals surface area (Å²) >= 11 is 0. The van der Waals surface area contributed by atoms with Crippen molar-refractivity contribution in [3.05, 3.63) is 0 Å². The topological polar surface area (TPSA) is 41.9 Å². The molecule has 1 atom stereocenters. The fourth-order valence-corrected chi connectivity index (χ4v) is 2.05. The number of aliphatic hydroxyl groups is 1. The van der Waals surface area contributed by atoms with Gasteiger partial charge in [-0.15, -0.1) is 0 Å². The van der Waals surface area contributed by atoms with Crippen molar-refractivity contribution in [2.75, 3.05) is 32.9 Å². The number of hydrogen-bond donors (Lipinski definition) is 1. The van der Waals surface area contributed by atoms with Crippen LogP contribution in [0.4, 0.5) is 0 Å². The summed E-state index contributed by atoms with van der Waals surface area (Å²) in [6.07, 6.45) is 2.22. The van der Waals surface area contributed by atoms with E-state index in [-0.39, 0.29) is 12.9 Å². The third-order valence-corrected chi connectivity index (χ3v) is 2.78. The zero-order valence-corrected chi connectivity index (χ0v) is 7.82. The molecular formula is C9H17NO3. The molecule has 0 amide bonds. The molecule has 1 N–H and O–H groups in total. The van der Waals surface area contributed by atoms with Gasteiger partial charge >= 0.3 is 0 Å². The van der Waals surface area contributed by atoms with E-state index in [0.29, 0.717) is 19.3 Å². The normalized spacial score (nSPS) is 31.6. The average Bonchev–Trinajstić information content (AvgIpc) is 2.76. The molecule has 2 rings (SSSR count). The lowest BCUT2D eigenvalue weighted by atomic mass is 10.2. The molecule has 0 radical (unpaired) electrons. The van der Waals surface area contributed by atoms with Gasteiger partial charge < -0.3 is 14.6 Å². The van der Waals surface area contributed by atoms with Crippen molar-refractivity contribution in [3.8, 4) is 0 Å². The van der Waals surface area contributed by atoms with Crippen LogP contribution in [0.2, 0.25) is 0 Å². The van der Waals surface area contributed by atoms with Crippen LogP contribution in [0, 0.1) is 0 Å². The second-order valence-corrected chi connectivity index (χ2v) is 3.64. The van der Waals surface area contributed by atoms with Gasteiger partial charge in [0.2, 0.25) is 0 Å². The number of nitrogens with zero attached hydrogens (tertiary/aromatic N) is 1. The summed E-state index contributed by atoms with van der Waals surface area (Å²) in [5.74, 6) is 0. The zero-order chi connectivity index (χ0) is 9.10. The molecule has 0 aromatic heterocycles. The van der Waals surface area contributed by atoms with Crippen molar-refractivity contribution in [2.24, 2.45) is 0 Å². The number of hydrogen-bond acceptors (Lipinski definition) is 4. The van der Waals surface area contributed by atoms with Gasteiger partial charge in [-0.25, -0.2) is 0 Å². The first kappa shape index (κ1) is 9.40. The molecule has 2 aliphatic heterocycles. The van der Waals surface area contributed by atoms with Crippen molar-refractivity contribution in [1.82, 2.24) is 4.90 Å². The number of likely N-dealkylation sites (tertiary alicyclic amines) is 1. The molecule has 0 unspecified atom stereocenters. The van der Waals surface area contributed by atoms with Gasteiger partial charge in [-0.3, -0.25) is 4.90 Å². The standard InChI is InChI=1S/C9H17NO3/c11-7-8-2-1-3-10(8)6-9-12-4-5-13-9/h8-9,11H,1-7H2/t8-/m1/s1. The molecule has 0 bridgehead atoms. The van der Waals surface area contributed by atoms with Crippen molar-refractivity contribution >= 4 is 0 Å². The van der Waals surface area contributed by atoms with Crippen molar-refractivity contribution < 1.29 is 14.6 Å². The maximum absolute atomic E-state index is 9.09. The van der Waals surface area contributed by atoms with E-state index in [2.05, 4.69) is 4.90 Å². The quantitative estimate of drug-likeness (QED) is 0.665. The second kappa shape index (κ2) is 4.37. The Hall–Kier alpha value is -0.160. The summed E-state index contributed by atoms with van der Waals surface area (Å²) in [6, 6.07) is 0.327. The Kier molecular flexibility index (Phi) is 3.16. The van der Waals surface area contributed by atoms with Crippen LogP contribution in [0.25, 0.3) is 0 Å². The first-order chi connectivity index (χ1) is 6.40. The van der Waals surface area contributed by atoms with Crippen LogP contribution in [0.1, 0.15) is 12.8 Å². The molecule has 2 fully saturated rings. The molecule has 2 saturated heterocycles. The summed E-state index contributed by atoms with van der Waals surface area (Å²) in [4.78, 5) is 2.26. The maximum atomic E-state index is 9.09. The molecule has 4 nitrogen and oxygen atoms in total. The molecule has 2 heterocycles. The Labute approximate surface area is 78.4 Å². The number of rotatable bonds is 3. The predicted octanol–water partition coefficient (Wildman–Crippen LogP) is -0.184. The SMILES string of the molecule is OC[C@H]1CCCN1CC1OCCO1. The van der Waals surface area contributed by atoms with Gasteiger partial charge in [-0.05, 0) is 19.4 Å². The highest BCUT2D eigenvalue weighted by atomic mass is 16.7. The lowest BCUT2D eigenvalue weighted by molar-refractivity contribution is -0.0662. The van der Waals surface area contributed by atoms with E-state index < -0.39 is 0 Å².